The number of hydrogen-bond acceptors (Lipinski definition) is 5. The molecule has 0 fully saturated rings. The number of pyridine rings is 1. The van der Waals surface area contributed by atoms with Crippen LogP contribution < -0.4 is 16.0 Å². The average molecular weight is 408 g/mol. The van der Waals surface area contributed by atoms with E-state index in [1.807, 2.05) is 0 Å². The lowest BCUT2D eigenvalue weighted by Crippen LogP contribution is -2.75. The number of aromatic nitrogens is 1. The summed E-state index contributed by atoms with van der Waals surface area (Å²) in [4.78, 5) is 19.5. The summed E-state index contributed by atoms with van der Waals surface area (Å²) in [6.45, 7) is 3.60. The van der Waals surface area contributed by atoms with Gasteiger partial charge in [0.05, 0.1) is 11.4 Å². The lowest BCUT2D eigenvalue weighted by Gasteiger charge is -2.10. The van der Waals surface area contributed by atoms with Gasteiger partial charge in [0.15, 0.2) is 23.2 Å². The van der Waals surface area contributed by atoms with E-state index in [0.29, 0.717) is 16.1 Å². The first kappa shape index (κ1) is 18.9. The zero-order chi connectivity index (χ0) is 18.4. The second kappa shape index (κ2) is 8.09. The van der Waals surface area contributed by atoms with Crippen LogP contribution in [0.15, 0.2) is 51.3 Å². The summed E-state index contributed by atoms with van der Waals surface area (Å²) in [6, 6.07) is 8.46. The minimum Gasteiger partial charge on any atom is -0.444 e. The first-order valence-corrected chi connectivity index (χ1v) is 8.32. The van der Waals surface area contributed by atoms with E-state index in [1.165, 1.54) is 12.3 Å². The first-order valence-electron chi connectivity index (χ1n) is 7.53. The van der Waals surface area contributed by atoms with Gasteiger partial charge >= 0.3 is 0 Å². The lowest BCUT2D eigenvalue weighted by molar-refractivity contribution is -0.472. The number of hydrogen-bond donors (Lipinski definition) is 4. The fraction of sp³-hybridized carbons (Fsp3) is 0.235. The molecule has 2 rings (SSSR count). The van der Waals surface area contributed by atoms with Crippen molar-refractivity contribution in [1.29, 1.82) is 0 Å². The molecule has 132 valence electrons. The molecule has 0 spiro atoms. The average Bonchev–Trinajstić information content (AvgIpc) is 2.99. The molecule has 1 amide bonds. The Morgan fingerprint density at radius 3 is 2.76 bits per heavy atom. The van der Waals surface area contributed by atoms with Gasteiger partial charge in [0.2, 0.25) is 0 Å². The number of nitrogens with zero attached hydrogens (tertiary/aromatic N) is 1. The number of carbonyl (C=O) groups is 1. The van der Waals surface area contributed by atoms with Crippen LogP contribution in [0.1, 0.15) is 30.1 Å². The normalized spacial score (nSPS) is 13.0. The van der Waals surface area contributed by atoms with Crippen LogP contribution in [0.4, 0.5) is 0 Å². The SMILES string of the molecule is CC(C)(O)C[NH+]=CC(NC(=O)c1ccc(Br)o1)=C(N)c1ccccn1. The highest BCUT2D eigenvalue weighted by atomic mass is 79.9. The zero-order valence-corrected chi connectivity index (χ0v) is 15.5. The van der Waals surface area contributed by atoms with Gasteiger partial charge in [-0.1, -0.05) is 6.07 Å². The van der Waals surface area contributed by atoms with E-state index < -0.39 is 11.5 Å². The molecule has 8 heteroatoms. The Hall–Kier alpha value is -2.45. The molecule has 2 aromatic heterocycles. The molecule has 7 nitrogen and oxygen atoms in total. The Kier molecular flexibility index (Phi) is 6.11. The van der Waals surface area contributed by atoms with Gasteiger partial charge < -0.3 is 20.6 Å². The maximum Gasteiger partial charge on any atom is 0.291 e. The van der Waals surface area contributed by atoms with Gasteiger partial charge in [0.25, 0.3) is 5.91 Å². The highest BCUT2D eigenvalue weighted by molar-refractivity contribution is 9.10. The summed E-state index contributed by atoms with van der Waals surface area (Å²) in [5.41, 5.74) is 6.34. The van der Waals surface area contributed by atoms with Crippen LogP contribution in [-0.4, -0.2) is 34.4 Å². The summed E-state index contributed by atoms with van der Waals surface area (Å²) < 4.78 is 5.69. The molecule has 0 radical (unpaired) electrons. The maximum absolute atomic E-state index is 12.3. The molecular formula is C17H20BrN4O3+. The topological polar surface area (TPSA) is 115 Å². The van der Waals surface area contributed by atoms with Crippen molar-refractivity contribution in [2.24, 2.45) is 5.73 Å². The number of halogens is 1. The van der Waals surface area contributed by atoms with Crippen molar-refractivity contribution in [3.05, 3.63) is 58.3 Å². The molecule has 5 N–H and O–H groups in total. The van der Waals surface area contributed by atoms with Gasteiger partial charge in [-0.25, -0.2) is 4.99 Å². The smallest absolute Gasteiger partial charge is 0.291 e. The van der Waals surface area contributed by atoms with Gasteiger partial charge in [-0.3, -0.25) is 9.78 Å². The molecule has 0 atom stereocenters. The van der Waals surface area contributed by atoms with Gasteiger partial charge in [-0.2, -0.15) is 0 Å². The Bertz CT molecular complexity index is 792. The summed E-state index contributed by atoms with van der Waals surface area (Å²) >= 11 is 3.15. The predicted molar refractivity (Wildman–Crippen MR) is 97.4 cm³/mol. The fourth-order valence-electron chi connectivity index (χ4n) is 1.86. The number of amides is 1. The van der Waals surface area contributed by atoms with E-state index in [0.717, 1.165) is 0 Å². The molecule has 2 aromatic rings. The van der Waals surface area contributed by atoms with E-state index in [9.17, 15) is 9.90 Å². The number of aliphatic hydroxyl groups is 1. The van der Waals surface area contributed by atoms with Crippen molar-refractivity contribution < 1.29 is 19.3 Å². The van der Waals surface area contributed by atoms with E-state index in [4.69, 9.17) is 10.2 Å². The molecule has 25 heavy (non-hydrogen) atoms. The molecule has 0 aliphatic carbocycles. The van der Waals surface area contributed by atoms with Gasteiger partial charge in [0.1, 0.15) is 11.3 Å². The maximum atomic E-state index is 12.3. The summed E-state index contributed by atoms with van der Waals surface area (Å²) in [5, 5.41) is 12.5. The van der Waals surface area contributed by atoms with Crippen molar-refractivity contribution in [2.45, 2.75) is 19.4 Å². The number of rotatable bonds is 6. The number of furan rings is 1. The van der Waals surface area contributed by atoms with Gasteiger partial charge in [-0.05, 0) is 54.0 Å². The number of nitrogens with one attached hydrogen (secondary N) is 2. The van der Waals surface area contributed by atoms with Crippen LogP contribution in [0.5, 0.6) is 0 Å². The summed E-state index contributed by atoms with van der Waals surface area (Å²) in [7, 11) is 0. The molecule has 0 saturated carbocycles. The van der Waals surface area contributed by atoms with Crippen molar-refractivity contribution in [1.82, 2.24) is 10.3 Å². The standard InChI is InChI=1S/C17H19BrN4O3/c1-17(2,24)10-20-9-12(15(19)11-5-3-4-8-21-11)22-16(23)13-6-7-14(18)25-13/h3-9,24H,10,19H2,1-2H3,(H,22,23)/p+1. The molecule has 0 unspecified atom stereocenters. The Morgan fingerprint density at radius 2 is 2.20 bits per heavy atom. The van der Waals surface area contributed by atoms with Crippen LogP contribution in [-0.2, 0) is 0 Å². The number of allylic oxidation sites excluding steroid dienone is 1. The predicted octanol–water partition coefficient (Wildman–Crippen LogP) is 0.417. The molecule has 0 bridgehead atoms. The second-order valence-corrected chi connectivity index (χ2v) is 6.72. The van der Waals surface area contributed by atoms with Crippen LogP contribution in [0.2, 0.25) is 0 Å². The highest BCUT2D eigenvalue weighted by Crippen LogP contribution is 2.14. The second-order valence-electron chi connectivity index (χ2n) is 5.94. The van der Waals surface area contributed by atoms with Crippen molar-refractivity contribution in [3.8, 4) is 0 Å². The molecule has 0 aliphatic heterocycles. The molecule has 0 saturated heterocycles. The summed E-state index contributed by atoms with van der Waals surface area (Å²) in [6.07, 6.45) is 3.13. The van der Waals surface area contributed by atoms with Gasteiger partial charge in [-0.15, -0.1) is 0 Å². The molecule has 2 heterocycles. The zero-order valence-electron chi connectivity index (χ0n) is 13.9. The van der Waals surface area contributed by atoms with Crippen LogP contribution in [0, 0.1) is 0 Å². The first-order chi connectivity index (χ1) is 11.8. The van der Waals surface area contributed by atoms with Crippen molar-refractivity contribution in [3.63, 3.8) is 0 Å². The third-order valence-electron chi connectivity index (χ3n) is 3.06. The largest absolute Gasteiger partial charge is 0.444 e. The Labute approximate surface area is 153 Å². The quantitative estimate of drug-likeness (QED) is 0.517. The fourth-order valence-corrected chi connectivity index (χ4v) is 2.17. The van der Waals surface area contributed by atoms with E-state index in [-0.39, 0.29) is 18.0 Å². The minimum atomic E-state index is -0.919. The van der Waals surface area contributed by atoms with Crippen LogP contribution >= 0.6 is 15.9 Å². The molecule has 0 aromatic carbocycles. The van der Waals surface area contributed by atoms with Crippen molar-refractivity contribution >= 4 is 33.7 Å². The van der Waals surface area contributed by atoms with Crippen molar-refractivity contribution in [2.75, 3.05) is 6.54 Å². The third-order valence-corrected chi connectivity index (χ3v) is 3.48. The van der Waals surface area contributed by atoms with Crippen LogP contribution in [0.25, 0.3) is 5.70 Å². The Balaban J connectivity index is 2.30. The van der Waals surface area contributed by atoms with Gasteiger partial charge in [0, 0.05) is 6.20 Å². The third kappa shape index (κ3) is 5.84. The lowest BCUT2D eigenvalue weighted by atomic mass is 10.1. The molecular weight excluding hydrogens is 388 g/mol. The van der Waals surface area contributed by atoms with E-state index in [1.54, 1.807) is 44.3 Å². The highest BCUT2D eigenvalue weighted by Gasteiger charge is 2.18. The number of carbonyl (C=O) groups excluding carboxylic acids is 1. The molecule has 0 aliphatic rings. The summed E-state index contributed by atoms with van der Waals surface area (Å²) in [5.74, 6) is -0.324. The van der Waals surface area contributed by atoms with Crippen LogP contribution in [0.3, 0.4) is 0 Å². The minimum absolute atomic E-state index is 0.133. The monoisotopic (exact) mass is 407 g/mol. The van der Waals surface area contributed by atoms with E-state index >= 15 is 0 Å². The Morgan fingerprint density at radius 1 is 1.44 bits per heavy atom. The van der Waals surface area contributed by atoms with E-state index in [2.05, 4.69) is 31.2 Å². The number of nitrogens with two attached hydrogens (primary N) is 1.